The fourth-order valence-electron chi connectivity index (χ4n) is 2.31. The predicted molar refractivity (Wildman–Crippen MR) is 80.0 cm³/mol. The number of hydrogen-bond acceptors (Lipinski definition) is 3. The fourth-order valence-corrected chi connectivity index (χ4v) is 2.31. The van der Waals surface area contributed by atoms with Gasteiger partial charge in [0.1, 0.15) is 0 Å². The Morgan fingerprint density at radius 1 is 1.53 bits per heavy atom. The molecule has 0 radical (unpaired) electrons. The van der Waals surface area contributed by atoms with Crippen LogP contribution in [0.15, 0.2) is 12.4 Å². The molecule has 2 rings (SSSR count). The van der Waals surface area contributed by atoms with Gasteiger partial charge in [-0.3, -0.25) is 9.48 Å². The van der Waals surface area contributed by atoms with Crippen LogP contribution in [-0.4, -0.2) is 40.2 Å². The molecule has 19 heavy (non-hydrogen) atoms. The molecule has 2 heterocycles. The molecule has 110 valence electrons. The summed E-state index contributed by atoms with van der Waals surface area (Å²) < 4.78 is 1.98. The van der Waals surface area contributed by atoms with Crippen molar-refractivity contribution in [2.45, 2.75) is 32.2 Å². The normalized spacial score (nSPS) is 18.4. The quantitative estimate of drug-likeness (QED) is 0.921. The number of nitrogens with two attached hydrogens (primary N) is 1. The van der Waals surface area contributed by atoms with E-state index in [1.807, 2.05) is 28.9 Å². The van der Waals surface area contributed by atoms with Crippen LogP contribution in [0.5, 0.6) is 0 Å². The monoisotopic (exact) mass is 308 g/mol. The lowest BCUT2D eigenvalue weighted by molar-refractivity contribution is -0.132. The molecule has 1 aliphatic heterocycles. The maximum absolute atomic E-state index is 11.8. The molecule has 7 heteroatoms. The molecule has 0 spiro atoms. The average Bonchev–Trinajstić information content (AvgIpc) is 2.76. The van der Waals surface area contributed by atoms with Crippen LogP contribution in [0.25, 0.3) is 0 Å². The zero-order valence-electron chi connectivity index (χ0n) is 11.1. The van der Waals surface area contributed by atoms with Gasteiger partial charge >= 0.3 is 0 Å². The highest BCUT2D eigenvalue weighted by Gasteiger charge is 2.24. The number of halogens is 2. The zero-order valence-corrected chi connectivity index (χ0v) is 12.8. The number of carbonyl (C=O) groups excluding carboxylic acids is 1. The molecular weight excluding hydrogens is 287 g/mol. The van der Waals surface area contributed by atoms with Crippen LogP contribution in [0.1, 0.15) is 30.9 Å². The SMILES string of the molecule is Cc1cnn(C2CCCN(C(=O)CCN)C2)c1.Cl.Cl. The lowest BCUT2D eigenvalue weighted by Gasteiger charge is -2.32. The number of hydrogen-bond donors (Lipinski definition) is 1. The minimum absolute atomic E-state index is 0. The van der Waals surface area contributed by atoms with E-state index in [1.54, 1.807) is 0 Å². The van der Waals surface area contributed by atoms with Gasteiger partial charge in [0.15, 0.2) is 0 Å². The van der Waals surface area contributed by atoms with Crippen LogP contribution in [-0.2, 0) is 4.79 Å². The van der Waals surface area contributed by atoms with Crippen LogP contribution in [0.3, 0.4) is 0 Å². The van der Waals surface area contributed by atoms with Gasteiger partial charge in [-0.15, -0.1) is 24.8 Å². The molecule has 0 bridgehead atoms. The van der Waals surface area contributed by atoms with E-state index in [4.69, 9.17) is 5.73 Å². The second-order valence-electron chi connectivity index (χ2n) is 4.67. The van der Waals surface area contributed by atoms with Crippen molar-refractivity contribution in [1.29, 1.82) is 0 Å². The Hall–Kier alpha value is -0.780. The van der Waals surface area contributed by atoms with Gasteiger partial charge in [0, 0.05) is 32.3 Å². The highest BCUT2D eigenvalue weighted by atomic mass is 35.5. The first-order chi connectivity index (χ1) is 8.20. The fraction of sp³-hybridized carbons (Fsp3) is 0.667. The molecule has 1 aromatic heterocycles. The van der Waals surface area contributed by atoms with Gasteiger partial charge in [-0.25, -0.2) is 0 Å². The number of carbonyl (C=O) groups is 1. The summed E-state index contributed by atoms with van der Waals surface area (Å²) in [5.41, 5.74) is 6.58. The zero-order chi connectivity index (χ0) is 12.3. The van der Waals surface area contributed by atoms with E-state index in [1.165, 1.54) is 0 Å². The van der Waals surface area contributed by atoms with Crippen molar-refractivity contribution in [3.8, 4) is 0 Å². The number of rotatable bonds is 3. The van der Waals surface area contributed by atoms with Gasteiger partial charge in [0.05, 0.1) is 12.2 Å². The van der Waals surface area contributed by atoms with E-state index in [0.717, 1.165) is 31.5 Å². The summed E-state index contributed by atoms with van der Waals surface area (Å²) in [6, 6.07) is 0.319. The molecule has 2 N–H and O–H groups in total. The van der Waals surface area contributed by atoms with E-state index < -0.39 is 0 Å². The molecular formula is C12H22Cl2N4O. The van der Waals surface area contributed by atoms with Crippen molar-refractivity contribution in [3.63, 3.8) is 0 Å². The molecule has 1 saturated heterocycles. The minimum Gasteiger partial charge on any atom is -0.341 e. The summed E-state index contributed by atoms with van der Waals surface area (Å²) in [5.74, 6) is 0.168. The van der Waals surface area contributed by atoms with Crippen LogP contribution >= 0.6 is 24.8 Å². The third-order valence-corrected chi connectivity index (χ3v) is 3.21. The second kappa shape index (κ2) is 8.40. The van der Waals surface area contributed by atoms with Crippen LogP contribution in [0, 0.1) is 6.92 Å². The van der Waals surface area contributed by atoms with E-state index in [2.05, 4.69) is 5.10 Å². The number of amides is 1. The number of likely N-dealkylation sites (tertiary alicyclic amines) is 1. The summed E-state index contributed by atoms with van der Waals surface area (Å²) in [6.07, 6.45) is 6.49. The van der Waals surface area contributed by atoms with Gasteiger partial charge in [-0.2, -0.15) is 5.10 Å². The standard InChI is InChI=1S/C12H20N4O.2ClH/c1-10-7-14-16(8-10)11-3-2-6-15(9-11)12(17)4-5-13;;/h7-8,11H,2-6,9,13H2,1H3;2*1H. The van der Waals surface area contributed by atoms with Crippen molar-refractivity contribution in [2.75, 3.05) is 19.6 Å². The van der Waals surface area contributed by atoms with Crippen molar-refractivity contribution < 1.29 is 4.79 Å². The van der Waals surface area contributed by atoms with Crippen molar-refractivity contribution in [3.05, 3.63) is 18.0 Å². The van der Waals surface area contributed by atoms with Crippen LogP contribution in [0.4, 0.5) is 0 Å². The summed E-state index contributed by atoms with van der Waals surface area (Å²) in [5, 5.41) is 4.33. The second-order valence-corrected chi connectivity index (χ2v) is 4.67. The van der Waals surface area contributed by atoms with Gasteiger partial charge in [-0.1, -0.05) is 0 Å². The molecule has 0 aromatic carbocycles. The van der Waals surface area contributed by atoms with Crippen LogP contribution < -0.4 is 5.73 Å². The smallest absolute Gasteiger partial charge is 0.223 e. The van der Waals surface area contributed by atoms with Crippen molar-refractivity contribution in [1.82, 2.24) is 14.7 Å². The van der Waals surface area contributed by atoms with E-state index in [0.29, 0.717) is 19.0 Å². The first kappa shape index (κ1) is 18.2. The van der Waals surface area contributed by atoms with Crippen molar-refractivity contribution in [2.24, 2.45) is 5.73 Å². The largest absolute Gasteiger partial charge is 0.341 e. The van der Waals surface area contributed by atoms with Crippen LogP contribution in [0.2, 0.25) is 0 Å². The predicted octanol–water partition coefficient (Wildman–Crippen LogP) is 1.55. The Labute approximate surface area is 126 Å². The number of piperidine rings is 1. The highest BCUT2D eigenvalue weighted by molar-refractivity contribution is 5.85. The van der Waals surface area contributed by atoms with Gasteiger partial charge < -0.3 is 10.6 Å². The Morgan fingerprint density at radius 2 is 2.26 bits per heavy atom. The Bertz CT molecular complexity index is 397. The molecule has 0 aliphatic carbocycles. The maximum atomic E-state index is 11.8. The summed E-state index contributed by atoms with van der Waals surface area (Å²) in [6.45, 7) is 4.08. The van der Waals surface area contributed by atoms with Crippen molar-refractivity contribution >= 4 is 30.7 Å². The Kier molecular flexibility index (Phi) is 8.06. The first-order valence-corrected chi connectivity index (χ1v) is 6.19. The van der Waals surface area contributed by atoms with E-state index in [-0.39, 0.29) is 30.7 Å². The molecule has 1 amide bonds. The number of aromatic nitrogens is 2. The van der Waals surface area contributed by atoms with E-state index >= 15 is 0 Å². The topological polar surface area (TPSA) is 64.2 Å². The Morgan fingerprint density at radius 3 is 2.84 bits per heavy atom. The third kappa shape index (κ3) is 4.67. The molecule has 1 unspecified atom stereocenters. The lowest BCUT2D eigenvalue weighted by atomic mass is 10.1. The van der Waals surface area contributed by atoms with Gasteiger partial charge in [0.25, 0.3) is 0 Å². The van der Waals surface area contributed by atoms with E-state index in [9.17, 15) is 4.79 Å². The molecule has 1 atom stereocenters. The average molecular weight is 309 g/mol. The molecule has 1 aliphatic rings. The lowest BCUT2D eigenvalue weighted by Crippen LogP contribution is -2.41. The minimum atomic E-state index is 0. The summed E-state index contributed by atoms with van der Waals surface area (Å²) in [7, 11) is 0. The summed E-state index contributed by atoms with van der Waals surface area (Å²) in [4.78, 5) is 13.7. The van der Waals surface area contributed by atoms with Gasteiger partial charge in [0.2, 0.25) is 5.91 Å². The highest BCUT2D eigenvalue weighted by Crippen LogP contribution is 2.21. The van der Waals surface area contributed by atoms with Gasteiger partial charge in [-0.05, 0) is 25.3 Å². The number of aryl methyl sites for hydroxylation is 1. The Balaban J connectivity index is 0.00000162. The molecule has 0 saturated carbocycles. The molecule has 5 nitrogen and oxygen atoms in total. The first-order valence-electron chi connectivity index (χ1n) is 6.19. The molecule has 1 aromatic rings. The maximum Gasteiger partial charge on any atom is 0.223 e. The summed E-state index contributed by atoms with van der Waals surface area (Å²) >= 11 is 0. The third-order valence-electron chi connectivity index (χ3n) is 3.21. The molecule has 1 fully saturated rings. The number of nitrogens with zero attached hydrogens (tertiary/aromatic N) is 3.